The van der Waals surface area contributed by atoms with Gasteiger partial charge in [-0.25, -0.2) is 0 Å². The molecule has 4 rings (SSSR count). The molecule has 1 N–H and O–H groups in total. The number of para-hydroxylation sites is 1. The van der Waals surface area contributed by atoms with Gasteiger partial charge in [-0.3, -0.25) is 14.4 Å². The number of nitrogens with one attached hydrogen (secondary N) is 1. The standard InChI is InChI=1S/C25H30N4O4/c1-26-22(30)16-28-19-29(21-10-6-3-7-11-21)25(24(28)32)12-14-27(15-13-25)23(31)18-33-17-20-8-4-2-5-9-20/h2-11H,12-19H2,1H3,(H,26,30). The number of amides is 3. The van der Waals surface area contributed by atoms with Crippen molar-refractivity contribution in [3.63, 3.8) is 0 Å². The van der Waals surface area contributed by atoms with E-state index in [0.717, 1.165) is 11.3 Å². The molecule has 8 heteroatoms. The van der Waals surface area contributed by atoms with Crippen molar-refractivity contribution >= 4 is 23.4 Å². The van der Waals surface area contributed by atoms with Crippen molar-refractivity contribution in [3.05, 3.63) is 66.2 Å². The van der Waals surface area contributed by atoms with Crippen LogP contribution in [0.25, 0.3) is 0 Å². The molecule has 2 aromatic carbocycles. The fraction of sp³-hybridized carbons (Fsp3) is 0.400. The number of rotatable bonds is 7. The lowest BCUT2D eigenvalue weighted by molar-refractivity contribution is -0.142. The summed E-state index contributed by atoms with van der Waals surface area (Å²) in [4.78, 5) is 43.7. The molecule has 0 radical (unpaired) electrons. The van der Waals surface area contributed by atoms with Crippen molar-refractivity contribution in [1.29, 1.82) is 0 Å². The lowest BCUT2D eigenvalue weighted by atomic mass is 9.85. The van der Waals surface area contributed by atoms with Gasteiger partial charge in [-0.2, -0.15) is 0 Å². The maximum absolute atomic E-state index is 13.5. The normalized spacial score (nSPS) is 17.5. The summed E-state index contributed by atoms with van der Waals surface area (Å²) < 4.78 is 5.62. The molecule has 2 aliphatic heterocycles. The van der Waals surface area contributed by atoms with Gasteiger partial charge < -0.3 is 24.8 Å². The summed E-state index contributed by atoms with van der Waals surface area (Å²) >= 11 is 0. The maximum Gasteiger partial charge on any atom is 0.250 e. The zero-order valence-electron chi connectivity index (χ0n) is 18.9. The molecule has 33 heavy (non-hydrogen) atoms. The summed E-state index contributed by atoms with van der Waals surface area (Å²) in [6.07, 6.45) is 1.02. The largest absolute Gasteiger partial charge is 0.367 e. The van der Waals surface area contributed by atoms with Crippen molar-refractivity contribution in [2.75, 3.05) is 44.9 Å². The Kier molecular flexibility index (Phi) is 6.93. The zero-order valence-corrected chi connectivity index (χ0v) is 18.9. The highest BCUT2D eigenvalue weighted by molar-refractivity contribution is 5.96. The number of carbonyl (C=O) groups is 3. The van der Waals surface area contributed by atoms with Crippen LogP contribution in [0.5, 0.6) is 0 Å². The van der Waals surface area contributed by atoms with E-state index in [9.17, 15) is 14.4 Å². The summed E-state index contributed by atoms with van der Waals surface area (Å²) in [6, 6.07) is 19.5. The Balaban J connectivity index is 1.41. The predicted octanol–water partition coefficient (Wildman–Crippen LogP) is 1.62. The van der Waals surface area contributed by atoms with Crippen LogP contribution in [0.2, 0.25) is 0 Å². The van der Waals surface area contributed by atoms with Crippen molar-refractivity contribution in [2.45, 2.75) is 25.0 Å². The topological polar surface area (TPSA) is 82.2 Å². The Morgan fingerprint density at radius 3 is 2.27 bits per heavy atom. The van der Waals surface area contributed by atoms with Crippen LogP contribution >= 0.6 is 0 Å². The molecule has 2 fully saturated rings. The number of likely N-dealkylation sites (tertiary alicyclic amines) is 1. The van der Waals surface area contributed by atoms with E-state index in [1.807, 2.05) is 60.7 Å². The Morgan fingerprint density at radius 2 is 1.64 bits per heavy atom. The van der Waals surface area contributed by atoms with E-state index in [1.165, 1.54) is 0 Å². The summed E-state index contributed by atoms with van der Waals surface area (Å²) in [5, 5.41) is 2.59. The molecule has 0 aromatic heterocycles. The van der Waals surface area contributed by atoms with E-state index in [2.05, 4.69) is 10.2 Å². The molecule has 0 saturated carbocycles. The third kappa shape index (κ3) is 4.85. The van der Waals surface area contributed by atoms with Crippen molar-refractivity contribution in [3.8, 4) is 0 Å². The molecule has 8 nitrogen and oxygen atoms in total. The van der Waals surface area contributed by atoms with Crippen molar-refractivity contribution in [2.24, 2.45) is 0 Å². The van der Waals surface area contributed by atoms with E-state index in [-0.39, 0.29) is 30.9 Å². The molecular weight excluding hydrogens is 420 g/mol. The lowest BCUT2D eigenvalue weighted by Crippen LogP contribution is -2.57. The highest BCUT2D eigenvalue weighted by Crippen LogP contribution is 2.39. The van der Waals surface area contributed by atoms with Gasteiger partial charge in [0.15, 0.2) is 0 Å². The van der Waals surface area contributed by atoms with E-state index >= 15 is 0 Å². The van der Waals surface area contributed by atoms with E-state index in [1.54, 1.807) is 16.8 Å². The molecule has 0 unspecified atom stereocenters. The summed E-state index contributed by atoms with van der Waals surface area (Å²) in [7, 11) is 1.57. The van der Waals surface area contributed by atoms with Crippen molar-refractivity contribution < 1.29 is 19.1 Å². The van der Waals surface area contributed by atoms with Crippen LogP contribution in [0.15, 0.2) is 60.7 Å². The summed E-state index contributed by atoms with van der Waals surface area (Å²) in [5.74, 6) is -0.321. The molecular formula is C25H30N4O4. The van der Waals surface area contributed by atoms with Gasteiger partial charge in [-0.1, -0.05) is 48.5 Å². The number of likely N-dealkylation sites (N-methyl/N-ethyl adjacent to an activating group) is 1. The van der Waals surface area contributed by atoms with Crippen LogP contribution < -0.4 is 10.2 Å². The maximum atomic E-state index is 13.5. The molecule has 0 aliphatic carbocycles. The molecule has 2 aromatic rings. The number of ether oxygens (including phenoxy) is 1. The highest BCUT2D eigenvalue weighted by atomic mass is 16.5. The number of benzene rings is 2. The van der Waals surface area contributed by atoms with E-state index in [0.29, 0.717) is 39.2 Å². The monoisotopic (exact) mass is 450 g/mol. The molecule has 2 aliphatic rings. The molecule has 3 amide bonds. The minimum absolute atomic E-state index is 0.0149. The van der Waals surface area contributed by atoms with Gasteiger partial charge in [0.1, 0.15) is 18.7 Å². The SMILES string of the molecule is CNC(=O)CN1CN(c2ccccc2)C2(CCN(C(=O)COCc3ccccc3)CC2)C1=O. The average molecular weight is 451 g/mol. The third-order valence-electron chi connectivity index (χ3n) is 6.48. The summed E-state index contributed by atoms with van der Waals surface area (Å²) in [6.45, 7) is 1.72. The van der Waals surface area contributed by atoms with Crippen LogP contribution in [0.1, 0.15) is 18.4 Å². The second-order valence-corrected chi connectivity index (χ2v) is 8.47. The minimum atomic E-state index is -0.753. The second-order valence-electron chi connectivity index (χ2n) is 8.47. The van der Waals surface area contributed by atoms with Crippen LogP contribution in [0, 0.1) is 0 Å². The van der Waals surface area contributed by atoms with Gasteiger partial charge in [0.25, 0.3) is 5.91 Å². The van der Waals surface area contributed by atoms with E-state index in [4.69, 9.17) is 4.74 Å². The number of carbonyl (C=O) groups excluding carboxylic acids is 3. The fourth-order valence-corrected chi connectivity index (χ4v) is 4.62. The van der Waals surface area contributed by atoms with Gasteiger partial charge in [0, 0.05) is 25.8 Å². The molecule has 2 heterocycles. The average Bonchev–Trinajstić information content (AvgIpc) is 3.11. The van der Waals surface area contributed by atoms with Gasteiger partial charge in [0.2, 0.25) is 11.8 Å². The highest BCUT2D eigenvalue weighted by Gasteiger charge is 2.54. The first-order valence-corrected chi connectivity index (χ1v) is 11.3. The van der Waals surface area contributed by atoms with Gasteiger partial charge in [-0.05, 0) is 30.5 Å². The van der Waals surface area contributed by atoms with Crippen LogP contribution in [0.3, 0.4) is 0 Å². The minimum Gasteiger partial charge on any atom is -0.367 e. The number of hydrogen-bond donors (Lipinski definition) is 1. The Morgan fingerprint density at radius 1 is 1.00 bits per heavy atom. The molecule has 1 spiro atoms. The quantitative estimate of drug-likeness (QED) is 0.693. The first-order chi connectivity index (χ1) is 16.0. The smallest absolute Gasteiger partial charge is 0.250 e. The Labute approximate surface area is 194 Å². The number of hydrogen-bond acceptors (Lipinski definition) is 5. The van der Waals surface area contributed by atoms with E-state index < -0.39 is 5.54 Å². The van der Waals surface area contributed by atoms with Gasteiger partial charge in [-0.15, -0.1) is 0 Å². The van der Waals surface area contributed by atoms with Crippen LogP contribution in [0.4, 0.5) is 5.69 Å². The van der Waals surface area contributed by atoms with Crippen molar-refractivity contribution in [1.82, 2.24) is 15.1 Å². The Bertz CT molecular complexity index is 974. The second kappa shape index (κ2) is 10.0. The predicted molar refractivity (Wildman–Crippen MR) is 124 cm³/mol. The Hall–Kier alpha value is -3.39. The third-order valence-corrected chi connectivity index (χ3v) is 6.48. The molecule has 0 atom stereocenters. The fourth-order valence-electron chi connectivity index (χ4n) is 4.62. The number of anilines is 1. The molecule has 2 saturated heterocycles. The number of nitrogens with zero attached hydrogens (tertiary/aromatic N) is 3. The first kappa shape index (κ1) is 22.8. The zero-order chi connectivity index (χ0) is 23.3. The lowest BCUT2D eigenvalue weighted by Gasteiger charge is -2.43. The number of piperidine rings is 1. The molecule has 0 bridgehead atoms. The summed E-state index contributed by atoms with van der Waals surface area (Å²) in [5.41, 5.74) is 1.21. The molecule has 174 valence electrons. The van der Waals surface area contributed by atoms with Crippen LogP contribution in [-0.2, 0) is 25.7 Å². The van der Waals surface area contributed by atoms with Crippen LogP contribution in [-0.4, -0.2) is 73.0 Å². The van der Waals surface area contributed by atoms with Gasteiger partial charge >= 0.3 is 0 Å². The first-order valence-electron chi connectivity index (χ1n) is 11.3. The van der Waals surface area contributed by atoms with Gasteiger partial charge in [0.05, 0.1) is 13.3 Å².